The lowest BCUT2D eigenvalue weighted by molar-refractivity contribution is -0.683. The number of nitrogens with two attached hydrogens (primary N) is 1. The number of hydrogen-bond acceptors (Lipinski definition) is 2. The minimum Gasteiger partial charge on any atom is -0.366 e. The van der Waals surface area contributed by atoms with E-state index in [1.165, 1.54) is 0 Å². The van der Waals surface area contributed by atoms with E-state index in [4.69, 9.17) is 5.73 Å². The van der Waals surface area contributed by atoms with Gasteiger partial charge in [0.05, 0.1) is 5.56 Å². The SMILES string of the molecule is NC(=O)c1cc[n+](CC(=O)c2ccccc2)cc1. The zero-order valence-corrected chi connectivity index (χ0v) is 9.74. The third-order valence-corrected chi connectivity index (χ3v) is 2.60. The van der Waals surface area contributed by atoms with Gasteiger partial charge in [0.15, 0.2) is 12.4 Å². The highest BCUT2D eigenvalue weighted by molar-refractivity contribution is 5.95. The first-order chi connectivity index (χ1) is 8.66. The third kappa shape index (κ3) is 2.79. The van der Waals surface area contributed by atoms with Crippen LogP contribution in [-0.4, -0.2) is 11.7 Å². The molecule has 2 aromatic rings. The molecule has 1 amide bonds. The number of nitrogens with zero attached hydrogens (tertiary/aromatic N) is 1. The Labute approximate surface area is 105 Å². The molecule has 0 radical (unpaired) electrons. The van der Waals surface area contributed by atoms with E-state index in [1.54, 1.807) is 41.2 Å². The van der Waals surface area contributed by atoms with Gasteiger partial charge in [-0.25, -0.2) is 0 Å². The minimum atomic E-state index is -0.475. The Kier molecular flexibility index (Phi) is 3.48. The summed E-state index contributed by atoms with van der Waals surface area (Å²) >= 11 is 0. The standard InChI is InChI=1S/C14H12N2O2/c15-14(18)12-6-8-16(9-7-12)10-13(17)11-4-2-1-3-5-11/h1-9H,10H2,(H-,15,18)/p+1. The van der Waals surface area contributed by atoms with Crippen molar-refractivity contribution in [2.24, 2.45) is 5.73 Å². The second-order valence-corrected chi connectivity index (χ2v) is 3.91. The van der Waals surface area contributed by atoms with Crippen molar-refractivity contribution in [2.45, 2.75) is 6.54 Å². The molecule has 18 heavy (non-hydrogen) atoms. The highest BCUT2D eigenvalue weighted by atomic mass is 16.1. The highest BCUT2D eigenvalue weighted by Crippen LogP contribution is 2.00. The number of pyridine rings is 1. The smallest absolute Gasteiger partial charge is 0.249 e. The molecular formula is C14H13N2O2+. The van der Waals surface area contributed by atoms with Crippen molar-refractivity contribution in [3.63, 3.8) is 0 Å². The van der Waals surface area contributed by atoms with E-state index in [-0.39, 0.29) is 12.3 Å². The summed E-state index contributed by atoms with van der Waals surface area (Å²) in [7, 11) is 0. The van der Waals surface area contributed by atoms with Crippen molar-refractivity contribution in [1.82, 2.24) is 0 Å². The van der Waals surface area contributed by atoms with Gasteiger partial charge < -0.3 is 5.73 Å². The lowest BCUT2D eigenvalue weighted by Crippen LogP contribution is -2.37. The summed E-state index contributed by atoms with van der Waals surface area (Å²) in [6.45, 7) is 0.239. The lowest BCUT2D eigenvalue weighted by Gasteiger charge is -1.98. The topological polar surface area (TPSA) is 64.0 Å². The molecule has 1 aromatic heterocycles. The van der Waals surface area contributed by atoms with Crippen molar-refractivity contribution < 1.29 is 14.2 Å². The zero-order valence-electron chi connectivity index (χ0n) is 9.74. The molecule has 90 valence electrons. The largest absolute Gasteiger partial charge is 0.366 e. The predicted octanol–water partition coefficient (Wildman–Crippen LogP) is 0.956. The van der Waals surface area contributed by atoms with Crippen LogP contribution in [0.25, 0.3) is 0 Å². The molecule has 1 aromatic carbocycles. The predicted molar refractivity (Wildman–Crippen MR) is 65.9 cm³/mol. The van der Waals surface area contributed by atoms with Crippen LogP contribution in [0, 0.1) is 0 Å². The summed E-state index contributed by atoms with van der Waals surface area (Å²) in [5.74, 6) is -0.455. The van der Waals surface area contributed by atoms with Gasteiger partial charge >= 0.3 is 0 Å². The van der Waals surface area contributed by atoms with Gasteiger partial charge in [0.2, 0.25) is 18.2 Å². The average molecular weight is 241 g/mol. The van der Waals surface area contributed by atoms with Crippen LogP contribution in [0.4, 0.5) is 0 Å². The number of hydrogen-bond donors (Lipinski definition) is 1. The van der Waals surface area contributed by atoms with Crippen LogP contribution in [0.5, 0.6) is 0 Å². The number of rotatable bonds is 4. The summed E-state index contributed by atoms with van der Waals surface area (Å²) in [5.41, 5.74) is 6.24. The van der Waals surface area contributed by atoms with Crippen molar-refractivity contribution in [1.29, 1.82) is 0 Å². The molecule has 0 unspecified atom stereocenters. The van der Waals surface area contributed by atoms with Crippen LogP contribution < -0.4 is 10.3 Å². The second kappa shape index (κ2) is 5.23. The fourth-order valence-electron chi connectivity index (χ4n) is 1.61. The van der Waals surface area contributed by atoms with Crippen LogP contribution in [0.1, 0.15) is 20.7 Å². The van der Waals surface area contributed by atoms with E-state index in [2.05, 4.69) is 0 Å². The van der Waals surface area contributed by atoms with Crippen LogP contribution >= 0.6 is 0 Å². The Bertz CT molecular complexity index is 562. The van der Waals surface area contributed by atoms with Gasteiger partial charge in [-0.2, -0.15) is 4.57 Å². The summed E-state index contributed by atoms with van der Waals surface area (Å²) < 4.78 is 1.71. The first-order valence-corrected chi connectivity index (χ1v) is 5.54. The minimum absolute atomic E-state index is 0.0208. The van der Waals surface area contributed by atoms with Gasteiger partial charge in [-0.05, 0) is 0 Å². The van der Waals surface area contributed by atoms with Gasteiger partial charge in [-0.3, -0.25) is 9.59 Å². The molecule has 0 saturated heterocycles. The van der Waals surface area contributed by atoms with E-state index >= 15 is 0 Å². The summed E-state index contributed by atoms with van der Waals surface area (Å²) in [4.78, 5) is 22.8. The maximum absolute atomic E-state index is 11.9. The molecule has 0 fully saturated rings. The molecule has 2 rings (SSSR count). The van der Waals surface area contributed by atoms with E-state index in [1.807, 2.05) is 18.2 Å². The van der Waals surface area contributed by atoms with Crippen LogP contribution in [-0.2, 0) is 6.54 Å². The van der Waals surface area contributed by atoms with E-state index in [9.17, 15) is 9.59 Å². The van der Waals surface area contributed by atoms with Gasteiger partial charge in [-0.15, -0.1) is 0 Å². The first-order valence-electron chi connectivity index (χ1n) is 5.54. The number of benzene rings is 1. The van der Waals surface area contributed by atoms with Crippen molar-refractivity contribution in [3.8, 4) is 0 Å². The molecule has 4 nitrogen and oxygen atoms in total. The van der Waals surface area contributed by atoms with E-state index in [0.29, 0.717) is 11.1 Å². The van der Waals surface area contributed by atoms with Crippen LogP contribution in [0.15, 0.2) is 54.9 Å². The van der Waals surface area contributed by atoms with Gasteiger partial charge in [-0.1, -0.05) is 30.3 Å². The Morgan fingerprint density at radius 3 is 2.11 bits per heavy atom. The summed E-state index contributed by atoms with van der Waals surface area (Å²) in [5, 5.41) is 0. The number of ketones is 1. The lowest BCUT2D eigenvalue weighted by atomic mass is 10.1. The molecular weight excluding hydrogens is 228 g/mol. The first kappa shape index (κ1) is 12.0. The zero-order chi connectivity index (χ0) is 13.0. The Morgan fingerprint density at radius 1 is 0.944 bits per heavy atom. The number of primary amides is 1. The number of carbonyl (C=O) groups excluding carboxylic acids is 2. The molecule has 2 N–H and O–H groups in total. The van der Waals surface area contributed by atoms with Gasteiger partial charge in [0.1, 0.15) is 0 Å². The number of Topliss-reactive ketones (excluding diaryl/α,β-unsaturated/α-hetero) is 1. The molecule has 0 aliphatic heterocycles. The van der Waals surface area contributed by atoms with Crippen molar-refractivity contribution >= 4 is 11.7 Å². The molecule has 0 aliphatic carbocycles. The van der Waals surface area contributed by atoms with Crippen molar-refractivity contribution in [2.75, 3.05) is 0 Å². The fourth-order valence-corrected chi connectivity index (χ4v) is 1.61. The Balaban J connectivity index is 2.10. The Hall–Kier alpha value is -2.49. The molecule has 1 heterocycles. The average Bonchev–Trinajstić information content (AvgIpc) is 2.40. The fraction of sp³-hybridized carbons (Fsp3) is 0.0714. The summed E-state index contributed by atoms with van der Waals surface area (Å²) in [6.07, 6.45) is 3.34. The maximum atomic E-state index is 11.9. The van der Waals surface area contributed by atoms with Gasteiger partial charge in [0, 0.05) is 17.7 Å². The highest BCUT2D eigenvalue weighted by Gasteiger charge is 2.12. The molecule has 0 bridgehead atoms. The normalized spacial score (nSPS) is 10.0. The molecule has 0 spiro atoms. The van der Waals surface area contributed by atoms with E-state index in [0.717, 1.165) is 0 Å². The quantitative estimate of drug-likeness (QED) is 0.640. The van der Waals surface area contributed by atoms with Crippen LogP contribution in [0.3, 0.4) is 0 Å². The van der Waals surface area contributed by atoms with Gasteiger partial charge in [0.25, 0.3) is 0 Å². The molecule has 0 aliphatic rings. The van der Waals surface area contributed by atoms with E-state index < -0.39 is 5.91 Å². The molecule has 4 heteroatoms. The molecule has 0 atom stereocenters. The Morgan fingerprint density at radius 2 is 1.56 bits per heavy atom. The third-order valence-electron chi connectivity index (χ3n) is 2.60. The van der Waals surface area contributed by atoms with Crippen LogP contribution in [0.2, 0.25) is 0 Å². The number of carbonyl (C=O) groups is 2. The molecule has 0 saturated carbocycles. The monoisotopic (exact) mass is 241 g/mol. The number of amides is 1. The van der Waals surface area contributed by atoms with Crippen molar-refractivity contribution in [3.05, 3.63) is 66.0 Å². The second-order valence-electron chi connectivity index (χ2n) is 3.91. The summed E-state index contributed by atoms with van der Waals surface area (Å²) in [6, 6.07) is 12.3. The number of aromatic nitrogens is 1. The maximum Gasteiger partial charge on any atom is 0.249 e.